The number of hydrogen-bond donors (Lipinski definition) is 0. The number of fused-ring (bicyclic) bond motifs is 1. The van der Waals surface area contributed by atoms with Gasteiger partial charge in [0.25, 0.3) is 11.7 Å². The largest absolute Gasteiger partial charge is 0.361 e. The fraction of sp³-hybridized carbons (Fsp3) is 0.267. The number of carbonyl (C=O) groups is 2. The smallest absolute Gasteiger partial charge is 0.299 e. The van der Waals surface area contributed by atoms with Crippen LogP contribution in [0.2, 0.25) is 0 Å². The lowest BCUT2D eigenvalue weighted by Gasteiger charge is -2.17. The number of ketones is 1. The molecule has 5 nitrogen and oxygen atoms in total. The van der Waals surface area contributed by atoms with Gasteiger partial charge in [-0.3, -0.25) is 14.5 Å². The van der Waals surface area contributed by atoms with E-state index in [4.69, 9.17) is 4.52 Å². The van der Waals surface area contributed by atoms with Crippen molar-refractivity contribution in [1.29, 1.82) is 0 Å². The molecule has 0 atom stereocenters. The summed E-state index contributed by atoms with van der Waals surface area (Å²) < 4.78 is 5.00. The Morgan fingerprint density at radius 1 is 1.15 bits per heavy atom. The van der Waals surface area contributed by atoms with Crippen molar-refractivity contribution >= 4 is 17.4 Å². The van der Waals surface area contributed by atoms with Crippen LogP contribution in [0.4, 0.5) is 5.69 Å². The number of rotatable bonds is 2. The summed E-state index contributed by atoms with van der Waals surface area (Å²) >= 11 is 0. The third-order valence-corrected chi connectivity index (χ3v) is 3.40. The molecule has 0 N–H and O–H groups in total. The highest BCUT2D eigenvalue weighted by Crippen LogP contribution is 2.34. The van der Waals surface area contributed by atoms with E-state index < -0.39 is 11.7 Å². The third-order valence-electron chi connectivity index (χ3n) is 3.40. The molecule has 0 aliphatic carbocycles. The summed E-state index contributed by atoms with van der Waals surface area (Å²) in [5.74, 6) is -0.278. The highest BCUT2D eigenvalue weighted by atomic mass is 16.5. The average molecular weight is 270 g/mol. The zero-order valence-electron chi connectivity index (χ0n) is 11.6. The molecule has 0 unspecified atom stereocenters. The molecule has 2 aromatic rings. The van der Waals surface area contributed by atoms with Crippen LogP contribution in [0.1, 0.15) is 32.9 Å². The molecule has 3 rings (SSSR count). The fourth-order valence-corrected chi connectivity index (χ4v) is 2.64. The SMILES string of the molecule is Cc1cc(C)c2c(c1)C(=O)C(=O)N2Cc1cc(C)on1. The van der Waals surface area contributed by atoms with Gasteiger partial charge in [0.2, 0.25) is 0 Å². The first-order chi connectivity index (χ1) is 9.47. The number of nitrogens with zero attached hydrogens (tertiary/aromatic N) is 2. The number of aryl methyl sites for hydroxylation is 3. The van der Waals surface area contributed by atoms with Gasteiger partial charge in [0.1, 0.15) is 11.5 Å². The summed E-state index contributed by atoms with van der Waals surface area (Å²) in [7, 11) is 0. The Morgan fingerprint density at radius 3 is 2.55 bits per heavy atom. The van der Waals surface area contributed by atoms with E-state index in [1.54, 1.807) is 19.1 Å². The third kappa shape index (κ3) is 1.82. The highest BCUT2D eigenvalue weighted by molar-refractivity contribution is 6.52. The zero-order valence-corrected chi connectivity index (χ0v) is 11.6. The van der Waals surface area contributed by atoms with Crippen LogP contribution < -0.4 is 4.90 Å². The Balaban J connectivity index is 2.06. The highest BCUT2D eigenvalue weighted by Gasteiger charge is 2.37. The van der Waals surface area contributed by atoms with E-state index in [9.17, 15) is 9.59 Å². The van der Waals surface area contributed by atoms with Crippen LogP contribution in [0.15, 0.2) is 22.7 Å². The van der Waals surface area contributed by atoms with Crippen molar-refractivity contribution in [3.05, 3.63) is 46.3 Å². The Bertz CT molecular complexity index is 731. The molecule has 0 spiro atoms. The lowest BCUT2D eigenvalue weighted by Crippen LogP contribution is -2.29. The van der Waals surface area contributed by atoms with Crippen molar-refractivity contribution in [3.63, 3.8) is 0 Å². The minimum absolute atomic E-state index is 0.249. The number of anilines is 1. The molecule has 0 radical (unpaired) electrons. The summed E-state index contributed by atoms with van der Waals surface area (Å²) in [6.07, 6.45) is 0. The monoisotopic (exact) mass is 270 g/mol. The normalized spacial score (nSPS) is 14.1. The van der Waals surface area contributed by atoms with Crippen molar-refractivity contribution in [2.75, 3.05) is 4.90 Å². The van der Waals surface area contributed by atoms with Crippen LogP contribution in [0, 0.1) is 20.8 Å². The second-order valence-electron chi connectivity index (χ2n) is 5.13. The van der Waals surface area contributed by atoms with Crippen molar-refractivity contribution < 1.29 is 14.1 Å². The Kier molecular flexibility index (Phi) is 2.71. The molecule has 0 fully saturated rings. The van der Waals surface area contributed by atoms with Crippen LogP contribution in [-0.2, 0) is 11.3 Å². The van der Waals surface area contributed by atoms with E-state index in [0.29, 0.717) is 22.7 Å². The Labute approximate surface area is 116 Å². The van der Waals surface area contributed by atoms with Crippen molar-refractivity contribution in [1.82, 2.24) is 5.16 Å². The zero-order chi connectivity index (χ0) is 14.4. The van der Waals surface area contributed by atoms with E-state index in [-0.39, 0.29) is 6.54 Å². The Hall–Kier alpha value is -2.43. The number of benzene rings is 1. The lowest BCUT2D eigenvalue weighted by molar-refractivity contribution is -0.114. The van der Waals surface area contributed by atoms with Crippen LogP contribution in [-0.4, -0.2) is 16.8 Å². The van der Waals surface area contributed by atoms with E-state index in [2.05, 4.69) is 5.16 Å². The van der Waals surface area contributed by atoms with Crippen LogP contribution in [0.25, 0.3) is 0 Å². The second-order valence-corrected chi connectivity index (χ2v) is 5.13. The van der Waals surface area contributed by atoms with Crippen molar-refractivity contribution in [3.8, 4) is 0 Å². The van der Waals surface area contributed by atoms with Crippen molar-refractivity contribution in [2.24, 2.45) is 0 Å². The molecule has 0 saturated carbocycles. The summed E-state index contributed by atoms with van der Waals surface area (Å²) in [6, 6.07) is 5.49. The molecule has 1 aliphatic heterocycles. The molecule has 102 valence electrons. The van der Waals surface area contributed by atoms with Gasteiger partial charge < -0.3 is 4.52 Å². The standard InChI is InChI=1S/C15H14N2O3/c1-8-4-9(2)13-12(5-8)14(18)15(19)17(13)7-11-6-10(3)20-16-11/h4-6H,7H2,1-3H3. The van der Waals surface area contributed by atoms with Gasteiger partial charge in [-0.2, -0.15) is 0 Å². The summed E-state index contributed by atoms with van der Waals surface area (Å²) in [5, 5.41) is 3.88. The van der Waals surface area contributed by atoms with Gasteiger partial charge in [0, 0.05) is 6.07 Å². The van der Waals surface area contributed by atoms with Gasteiger partial charge in [-0.1, -0.05) is 11.2 Å². The first-order valence-corrected chi connectivity index (χ1v) is 6.37. The maximum absolute atomic E-state index is 12.2. The number of carbonyl (C=O) groups excluding carboxylic acids is 2. The number of amides is 1. The predicted octanol–water partition coefficient (Wildman–Crippen LogP) is 2.33. The quantitative estimate of drug-likeness (QED) is 0.786. The second kappa shape index (κ2) is 4.30. The fourth-order valence-electron chi connectivity index (χ4n) is 2.64. The summed E-state index contributed by atoms with van der Waals surface area (Å²) in [5.41, 5.74) is 3.69. The number of aromatic nitrogens is 1. The molecular weight excluding hydrogens is 256 g/mol. The van der Waals surface area contributed by atoms with Crippen LogP contribution in [0.3, 0.4) is 0 Å². The predicted molar refractivity (Wildman–Crippen MR) is 72.7 cm³/mol. The van der Waals surface area contributed by atoms with Gasteiger partial charge >= 0.3 is 0 Å². The lowest BCUT2D eigenvalue weighted by atomic mass is 10.0. The summed E-state index contributed by atoms with van der Waals surface area (Å²) in [6.45, 7) is 5.85. The molecule has 0 bridgehead atoms. The molecule has 2 heterocycles. The van der Waals surface area contributed by atoms with Gasteiger partial charge in [0.05, 0.1) is 17.8 Å². The van der Waals surface area contributed by atoms with Crippen LogP contribution in [0.5, 0.6) is 0 Å². The maximum Gasteiger partial charge on any atom is 0.299 e. The topological polar surface area (TPSA) is 63.4 Å². The summed E-state index contributed by atoms with van der Waals surface area (Å²) in [4.78, 5) is 25.7. The number of hydrogen-bond acceptors (Lipinski definition) is 4. The minimum Gasteiger partial charge on any atom is -0.361 e. The molecule has 1 amide bonds. The maximum atomic E-state index is 12.2. The van der Waals surface area contributed by atoms with Crippen molar-refractivity contribution in [2.45, 2.75) is 27.3 Å². The van der Waals surface area contributed by atoms with E-state index in [1.165, 1.54) is 4.90 Å². The molecule has 20 heavy (non-hydrogen) atoms. The first kappa shape index (κ1) is 12.6. The molecule has 5 heteroatoms. The molecule has 1 aromatic carbocycles. The van der Waals surface area contributed by atoms with E-state index in [1.807, 2.05) is 19.9 Å². The minimum atomic E-state index is -0.505. The van der Waals surface area contributed by atoms with Gasteiger partial charge in [-0.25, -0.2) is 0 Å². The average Bonchev–Trinajstić information content (AvgIpc) is 2.88. The molecular formula is C15H14N2O3. The molecule has 1 aromatic heterocycles. The molecule has 1 aliphatic rings. The Morgan fingerprint density at radius 2 is 1.90 bits per heavy atom. The van der Waals surface area contributed by atoms with Crippen LogP contribution >= 0.6 is 0 Å². The van der Waals surface area contributed by atoms with Gasteiger partial charge in [-0.15, -0.1) is 0 Å². The van der Waals surface area contributed by atoms with E-state index in [0.717, 1.165) is 11.1 Å². The number of Topliss-reactive ketones (excluding diaryl/α,β-unsaturated/α-hetero) is 1. The first-order valence-electron chi connectivity index (χ1n) is 6.37. The van der Waals surface area contributed by atoms with Gasteiger partial charge in [-0.05, 0) is 38.0 Å². The molecule has 0 saturated heterocycles. The van der Waals surface area contributed by atoms with Gasteiger partial charge in [0.15, 0.2) is 0 Å². The van der Waals surface area contributed by atoms with E-state index >= 15 is 0 Å².